The van der Waals surface area contributed by atoms with E-state index in [1.165, 1.54) is 24.3 Å². The molecule has 0 radical (unpaired) electrons. The van der Waals surface area contributed by atoms with Gasteiger partial charge in [0.05, 0.1) is 11.6 Å². The molecule has 14 heavy (non-hydrogen) atoms. The summed E-state index contributed by atoms with van der Waals surface area (Å²) in [6.45, 7) is 0. The molecule has 0 spiro atoms. The van der Waals surface area contributed by atoms with Gasteiger partial charge >= 0.3 is 0 Å². The summed E-state index contributed by atoms with van der Waals surface area (Å²) in [5.41, 5.74) is 1.24. The predicted octanol–water partition coefficient (Wildman–Crippen LogP) is 1.84. The number of ketones is 1. The van der Waals surface area contributed by atoms with E-state index in [0.29, 0.717) is 16.7 Å². The predicted molar refractivity (Wildman–Crippen MR) is 48.9 cm³/mol. The minimum absolute atomic E-state index is 0.0976. The van der Waals surface area contributed by atoms with Gasteiger partial charge in [0, 0.05) is 12.0 Å². The van der Waals surface area contributed by atoms with Crippen LogP contribution in [0.2, 0.25) is 0 Å². The first kappa shape index (κ1) is 8.64. The van der Waals surface area contributed by atoms with E-state index >= 15 is 0 Å². The number of rotatable bonds is 0. The Bertz CT molecular complexity index is 483. The first-order valence-electron chi connectivity index (χ1n) is 4.15. The fourth-order valence-electron chi connectivity index (χ4n) is 1.52. The van der Waals surface area contributed by atoms with E-state index in [0.717, 1.165) is 0 Å². The Balaban J connectivity index is 2.71. The van der Waals surface area contributed by atoms with Gasteiger partial charge in [0.2, 0.25) is 0 Å². The standard InChI is InChI=1S/C11H6FNO/c12-11-4-1-7(6-13)10-5-8(14)2-3-9(10)11/h1-4H,5H2. The Morgan fingerprint density at radius 3 is 2.86 bits per heavy atom. The second-order valence-electron chi connectivity index (χ2n) is 3.08. The van der Waals surface area contributed by atoms with Crippen molar-refractivity contribution in [2.45, 2.75) is 6.42 Å². The lowest BCUT2D eigenvalue weighted by molar-refractivity contribution is -0.114. The molecule has 0 N–H and O–H groups in total. The summed E-state index contributed by atoms with van der Waals surface area (Å²) in [5.74, 6) is -0.484. The molecule has 1 aromatic rings. The van der Waals surface area contributed by atoms with Crippen molar-refractivity contribution in [3.8, 4) is 6.07 Å². The van der Waals surface area contributed by atoms with Gasteiger partial charge in [-0.2, -0.15) is 5.26 Å². The summed E-state index contributed by atoms with van der Waals surface area (Å²) >= 11 is 0. The third-order valence-electron chi connectivity index (χ3n) is 2.21. The van der Waals surface area contributed by atoms with Crippen molar-refractivity contribution < 1.29 is 9.18 Å². The highest BCUT2D eigenvalue weighted by Gasteiger charge is 2.17. The van der Waals surface area contributed by atoms with Crippen LogP contribution in [0.25, 0.3) is 6.08 Å². The average molecular weight is 187 g/mol. The minimum Gasteiger partial charge on any atom is -0.294 e. The number of carbonyl (C=O) groups excluding carboxylic acids is 1. The third kappa shape index (κ3) is 1.21. The van der Waals surface area contributed by atoms with Crippen molar-refractivity contribution in [1.29, 1.82) is 5.26 Å². The second kappa shape index (κ2) is 3.08. The quantitative estimate of drug-likeness (QED) is 0.621. The molecule has 68 valence electrons. The Morgan fingerprint density at radius 2 is 2.14 bits per heavy atom. The van der Waals surface area contributed by atoms with Gasteiger partial charge in [0.1, 0.15) is 5.82 Å². The number of nitrogens with zero attached hydrogens (tertiary/aromatic N) is 1. The van der Waals surface area contributed by atoms with Crippen LogP contribution in [0.1, 0.15) is 16.7 Å². The lowest BCUT2D eigenvalue weighted by Gasteiger charge is -2.11. The highest BCUT2D eigenvalue weighted by molar-refractivity contribution is 5.98. The number of nitriles is 1. The molecule has 1 aliphatic carbocycles. The molecule has 0 atom stereocenters. The molecule has 3 heteroatoms. The molecule has 2 nitrogen and oxygen atoms in total. The van der Waals surface area contributed by atoms with Gasteiger partial charge < -0.3 is 0 Å². The summed E-state index contributed by atoms with van der Waals surface area (Å²) in [6.07, 6.45) is 2.89. The molecule has 0 fully saturated rings. The molecule has 0 heterocycles. The zero-order chi connectivity index (χ0) is 10.1. The summed E-state index contributed by atoms with van der Waals surface area (Å²) in [6, 6.07) is 4.60. The highest BCUT2D eigenvalue weighted by Crippen LogP contribution is 2.23. The van der Waals surface area contributed by atoms with E-state index < -0.39 is 0 Å². The smallest absolute Gasteiger partial charge is 0.160 e. The molecule has 0 bridgehead atoms. The van der Waals surface area contributed by atoms with E-state index in [1.807, 2.05) is 6.07 Å². The van der Waals surface area contributed by atoms with Gasteiger partial charge in [-0.15, -0.1) is 0 Å². The van der Waals surface area contributed by atoms with Gasteiger partial charge in [0.25, 0.3) is 0 Å². The van der Waals surface area contributed by atoms with E-state index in [2.05, 4.69) is 0 Å². The summed E-state index contributed by atoms with van der Waals surface area (Å²) in [7, 11) is 0. The van der Waals surface area contributed by atoms with Crippen LogP contribution in [0.3, 0.4) is 0 Å². The van der Waals surface area contributed by atoms with Crippen LogP contribution in [-0.4, -0.2) is 5.78 Å². The van der Waals surface area contributed by atoms with Crippen molar-refractivity contribution >= 4 is 11.9 Å². The molecule has 0 saturated carbocycles. The van der Waals surface area contributed by atoms with Crippen LogP contribution < -0.4 is 0 Å². The maximum Gasteiger partial charge on any atom is 0.160 e. The van der Waals surface area contributed by atoms with E-state index in [4.69, 9.17) is 5.26 Å². The second-order valence-corrected chi connectivity index (χ2v) is 3.08. The first-order valence-corrected chi connectivity index (χ1v) is 4.15. The third-order valence-corrected chi connectivity index (χ3v) is 2.21. The number of halogens is 1. The first-order chi connectivity index (χ1) is 6.72. The normalized spacial score (nSPS) is 13.6. The molecule has 2 rings (SSSR count). The van der Waals surface area contributed by atoms with E-state index in [-0.39, 0.29) is 18.0 Å². The summed E-state index contributed by atoms with van der Waals surface area (Å²) in [4.78, 5) is 11.1. The number of fused-ring (bicyclic) bond motifs is 1. The van der Waals surface area contributed by atoms with E-state index in [1.54, 1.807) is 0 Å². The minimum atomic E-state index is -0.386. The molecule has 0 aliphatic heterocycles. The lowest BCUT2D eigenvalue weighted by atomic mass is 9.92. The van der Waals surface area contributed by atoms with Crippen LogP contribution in [0.5, 0.6) is 0 Å². The summed E-state index contributed by atoms with van der Waals surface area (Å²) in [5, 5.41) is 8.76. The van der Waals surface area contributed by atoms with Crippen LogP contribution in [0.15, 0.2) is 18.2 Å². The molecular formula is C11H6FNO. The van der Waals surface area contributed by atoms with Crippen LogP contribution in [-0.2, 0) is 11.2 Å². The average Bonchev–Trinajstić information content (AvgIpc) is 2.18. The maximum absolute atomic E-state index is 13.2. The molecule has 0 unspecified atom stereocenters. The Morgan fingerprint density at radius 1 is 1.36 bits per heavy atom. The van der Waals surface area contributed by atoms with Crippen molar-refractivity contribution in [2.24, 2.45) is 0 Å². The molecule has 0 saturated heterocycles. The van der Waals surface area contributed by atoms with Gasteiger partial charge in [-0.25, -0.2) is 4.39 Å². The van der Waals surface area contributed by atoms with Crippen LogP contribution >= 0.6 is 0 Å². The topological polar surface area (TPSA) is 40.9 Å². The monoisotopic (exact) mass is 187 g/mol. The maximum atomic E-state index is 13.2. The van der Waals surface area contributed by atoms with Crippen molar-refractivity contribution in [2.75, 3.05) is 0 Å². The van der Waals surface area contributed by atoms with Gasteiger partial charge in [0.15, 0.2) is 5.78 Å². The fourth-order valence-corrected chi connectivity index (χ4v) is 1.52. The van der Waals surface area contributed by atoms with E-state index in [9.17, 15) is 9.18 Å². The number of allylic oxidation sites excluding steroid dienone is 1. The van der Waals surface area contributed by atoms with Gasteiger partial charge in [-0.3, -0.25) is 4.79 Å². The van der Waals surface area contributed by atoms with Crippen LogP contribution in [0, 0.1) is 17.1 Å². The van der Waals surface area contributed by atoms with Crippen molar-refractivity contribution in [3.63, 3.8) is 0 Å². The largest absolute Gasteiger partial charge is 0.294 e. The van der Waals surface area contributed by atoms with Crippen LogP contribution in [0.4, 0.5) is 4.39 Å². The molecule has 1 aromatic carbocycles. The zero-order valence-electron chi connectivity index (χ0n) is 7.25. The van der Waals surface area contributed by atoms with Crippen molar-refractivity contribution in [1.82, 2.24) is 0 Å². The fraction of sp³-hybridized carbons (Fsp3) is 0.0909. The number of carbonyl (C=O) groups is 1. The SMILES string of the molecule is N#Cc1ccc(F)c2c1CC(=O)C=C2. The Labute approximate surface area is 80.3 Å². The number of hydrogen-bond donors (Lipinski definition) is 0. The van der Waals surface area contributed by atoms with Gasteiger partial charge in [-0.05, 0) is 29.8 Å². The number of benzene rings is 1. The lowest BCUT2D eigenvalue weighted by Crippen LogP contribution is -2.08. The zero-order valence-corrected chi connectivity index (χ0v) is 7.25. The molecule has 0 aromatic heterocycles. The molecule has 0 amide bonds. The Kier molecular flexibility index (Phi) is 1.90. The number of hydrogen-bond acceptors (Lipinski definition) is 2. The highest BCUT2D eigenvalue weighted by atomic mass is 19.1. The Hall–Kier alpha value is -1.95. The molecule has 1 aliphatic rings. The summed E-state index contributed by atoms with van der Waals surface area (Å²) < 4.78 is 13.2. The molecular weight excluding hydrogens is 181 g/mol. The van der Waals surface area contributed by atoms with Gasteiger partial charge in [-0.1, -0.05) is 0 Å². The van der Waals surface area contributed by atoms with Crippen molar-refractivity contribution in [3.05, 3.63) is 40.7 Å².